The number of likely N-dealkylation sites (N-methyl/N-ethyl adjacent to an activating group) is 2. The molecule has 7 heteroatoms. The highest BCUT2D eigenvalue weighted by Gasteiger charge is 2.31. The fraction of sp³-hybridized carbons (Fsp3) is 0.786. The van der Waals surface area contributed by atoms with Crippen molar-refractivity contribution < 1.29 is 19.5 Å². The summed E-state index contributed by atoms with van der Waals surface area (Å²) in [5.41, 5.74) is -1.19. The van der Waals surface area contributed by atoms with Crippen molar-refractivity contribution in [1.82, 2.24) is 15.1 Å². The van der Waals surface area contributed by atoms with Gasteiger partial charge in [0.2, 0.25) is 5.91 Å². The number of nitrogens with one attached hydrogen (secondary N) is 1. The van der Waals surface area contributed by atoms with Gasteiger partial charge in [-0.1, -0.05) is 0 Å². The third-order valence-corrected chi connectivity index (χ3v) is 3.93. The van der Waals surface area contributed by atoms with Gasteiger partial charge in [0.15, 0.2) is 0 Å². The SMILES string of the molecule is CN(CC1CCCN1C)C(=O)NC(=O)CC(C)(C)C(=O)O. The van der Waals surface area contributed by atoms with Gasteiger partial charge < -0.3 is 14.9 Å². The molecule has 0 aliphatic carbocycles. The molecule has 0 spiro atoms. The van der Waals surface area contributed by atoms with Crippen LogP contribution in [0.1, 0.15) is 33.1 Å². The molecule has 7 nitrogen and oxygen atoms in total. The summed E-state index contributed by atoms with van der Waals surface area (Å²) in [6, 6.07) is -0.173. The molecule has 1 atom stereocenters. The van der Waals surface area contributed by atoms with Crippen LogP contribution in [0.5, 0.6) is 0 Å². The van der Waals surface area contributed by atoms with Crippen molar-refractivity contribution >= 4 is 17.9 Å². The fourth-order valence-electron chi connectivity index (χ4n) is 2.34. The van der Waals surface area contributed by atoms with E-state index >= 15 is 0 Å². The predicted octanol–water partition coefficient (Wildman–Crippen LogP) is 0.749. The molecular weight excluding hydrogens is 274 g/mol. The number of carbonyl (C=O) groups is 3. The zero-order valence-corrected chi connectivity index (χ0v) is 13.2. The van der Waals surface area contributed by atoms with E-state index in [0.29, 0.717) is 12.6 Å². The first-order valence-electron chi connectivity index (χ1n) is 7.12. The summed E-state index contributed by atoms with van der Waals surface area (Å²) in [6.45, 7) is 4.48. The average Bonchev–Trinajstić information content (AvgIpc) is 2.73. The van der Waals surface area contributed by atoms with Crippen molar-refractivity contribution in [2.45, 2.75) is 39.2 Å². The van der Waals surface area contributed by atoms with Crippen molar-refractivity contribution in [3.63, 3.8) is 0 Å². The van der Waals surface area contributed by atoms with Gasteiger partial charge in [-0.25, -0.2) is 4.79 Å². The largest absolute Gasteiger partial charge is 0.481 e. The molecule has 1 heterocycles. The first-order chi connectivity index (χ1) is 9.63. The third kappa shape index (κ3) is 5.00. The molecular formula is C14H25N3O4. The molecule has 1 unspecified atom stereocenters. The van der Waals surface area contributed by atoms with Crippen LogP contribution in [0.3, 0.4) is 0 Å². The summed E-state index contributed by atoms with van der Waals surface area (Å²) in [6.07, 6.45) is 1.92. The molecule has 0 radical (unpaired) electrons. The van der Waals surface area contributed by atoms with Gasteiger partial charge in [0, 0.05) is 26.1 Å². The van der Waals surface area contributed by atoms with Crippen molar-refractivity contribution in [2.75, 3.05) is 27.2 Å². The monoisotopic (exact) mass is 299 g/mol. The minimum Gasteiger partial charge on any atom is -0.481 e. The molecule has 2 N–H and O–H groups in total. The van der Waals surface area contributed by atoms with Crippen molar-refractivity contribution in [3.05, 3.63) is 0 Å². The number of imide groups is 1. The molecule has 0 bridgehead atoms. The maximum Gasteiger partial charge on any atom is 0.323 e. The molecule has 1 saturated heterocycles. The van der Waals surface area contributed by atoms with Gasteiger partial charge in [-0.2, -0.15) is 0 Å². The van der Waals surface area contributed by atoms with Gasteiger partial charge in [0.1, 0.15) is 0 Å². The lowest BCUT2D eigenvalue weighted by Crippen LogP contribution is -2.46. The van der Waals surface area contributed by atoms with Gasteiger partial charge >= 0.3 is 12.0 Å². The van der Waals surface area contributed by atoms with E-state index < -0.39 is 23.3 Å². The number of carbonyl (C=O) groups excluding carboxylic acids is 2. The Morgan fingerprint density at radius 2 is 2.00 bits per heavy atom. The van der Waals surface area contributed by atoms with Crippen LogP contribution in [0, 0.1) is 5.41 Å². The van der Waals surface area contributed by atoms with Gasteiger partial charge in [0.25, 0.3) is 0 Å². The summed E-state index contributed by atoms with van der Waals surface area (Å²) < 4.78 is 0. The summed E-state index contributed by atoms with van der Waals surface area (Å²) in [5, 5.41) is 11.2. The Bertz CT molecular complexity index is 422. The van der Waals surface area contributed by atoms with Gasteiger partial charge in [0.05, 0.1) is 5.41 Å². The molecule has 120 valence electrons. The van der Waals surface area contributed by atoms with Crippen LogP contribution in [-0.4, -0.2) is 66.0 Å². The number of hydrogen-bond donors (Lipinski definition) is 2. The van der Waals surface area contributed by atoms with Crippen LogP contribution in [-0.2, 0) is 9.59 Å². The van der Waals surface area contributed by atoms with E-state index in [9.17, 15) is 14.4 Å². The van der Waals surface area contributed by atoms with Crippen molar-refractivity contribution in [3.8, 4) is 0 Å². The molecule has 0 saturated carbocycles. The number of likely N-dealkylation sites (tertiary alicyclic amines) is 1. The number of carboxylic acids is 1. The van der Waals surface area contributed by atoms with E-state index in [0.717, 1.165) is 19.4 Å². The number of hydrogen-bond acceptors (Lipinski definition) is 4. The number of aliphatic carboxylic acids is 1. The second kappa shape index (κ2) is 6.89. The lowest BCUT2D eigenvalue weighted by Gasteiger charge is -2.26. The summed E-state index contributed by atoms with van der Waals surface area (Å²) in [5.74, 6) is -1.63. The second-order valence-electron chi connectivity index (χ2n) is 6.38. The second-order valence-corrected chi connectivity index (χ2v) is 6.38. The lowest BCUT2D eigenvalue weighted by molar-refractivity contribution is -0.149. The number of carboxylic acid groups (broad SMARTS) is 1. The van der Waals surface area contributed by atoms with E-state index in [1.54, 1.807) is 7.05 Å². The van der Waals surface area contributed by atoms with Crippen molar-refractivity contribution in [2.24, 2.45) is 5.41 Å². The van der Waals surface area contributed by atoms with E-state index in [1.807, 2.05) is 7.05 Å². The molecule has 0 aromatic carbocycles. The molecule has 0 aromatic rings. The third-order valence-electron chi connectivity index (χ3n) is 3.93. The average molecular weight is 299 g/mol. The number of nitrogens with zero attached hydrogens (tertiary/aromatic N) is 2. The summed E-state index contributed by atoms with van der Waals surface area (Å²) in [4.78, 5) is 38.3. The molecule has 3 amide bonds. The Labute approximate surface area is 125 Å². The van der Waals surface area contributed by atoms with Crippen LogP contribution in [0.4, 0.5) is 4.79 Å². The van der Waals surface area contributed by atoms with Gasteiger partial charge in [-0.3, -0.25) is 14.9 Å². The minimum atomic E-state index is -1.19. The van der Waals surface area contributed by atoms with Gasteiger partial charge in [-0.15, -0.1) is 0 Å². The predicted molar refractivity (Wildman–Crippen MR) is 77.9 cm³/mol. The Balaban J connectivity index is 2.45. The molecule has 0 aromatic heterocycles. The molecule has 1 aliphatic rings. The maximum atomic E-state index is 11.9. The number of urea groups is 1. The van der Waals surface area contributed by atoms with Crippen LogP contribution in [0.15, 0.2) is 0 Å². The number of amides is 3. The van der Waals surface area contributed by atoms with E-state index in [-0.39, 0.29) is 6.42 Å². The van der Waals surface area contributed by atoms with Crippen LogP contribution < -0.4 is 5.32 Å². The topological polar surface area (TPSA) is 90.0 Å². The normalized spacial score (nSPS) is 19.3. The van der Waals surface area contributed by atoms with Crippen LogP contribution in [0.25, 0.3) is 0 Å². The van der Waals surface area contributed by atoms with E-state index in [2.05, 4.69) is 10.2 Å². The zero-order valence-electron chi connectivity index (χ0n) is 13.2. The first-order valence-corrected chi connectivity index (χ1v) is 7.12. The van der Waals surface area contributed by atoms with Crippen molar-refractivity contribution in [1.29, 1.82) is 0 Å². The Morgan fingerprint density at radius 1 is 1.38 bits per heavy atom. The Morgan fingerprint density at radius 3 is 2.48 bits per heavy atom. The molecule has 1 fully saturated rings. The van der Waals surface area contributed by atoms with Crippen LogP contribution in [0.2, 0.25) is 0 Å². The molecule has 21 heavy (non-hydrogen) atoms. The summed E-state index contributed by atoms with van der Waals surface area (Å²) >= 11 is 0. The maximum absolute atomic E-state index is 11.9. The molecule has 1 aliphatic heterocycles. The lowest BCUT2D eigenvalue weighted by atomic mass is 9.89. The first kappa shape index (κ1) is 17.4. The highest BCUT2D eigenvalue weighted by Crippen LogP contribution is 2.20. The van der Waals surface area contributed by atoms with E-state index in [1.165, 1.54) is 18.7 Å². The zero-order chi connectivity index (χ0) is 16.2. The minimum absolute atomic E-state index is 0.231. The van der Waals surface area contributed by atoms with Gasteiger partial charge in [-0.05, 0) is 40.3 Å². The Hall–Kier alpha value is -1.63. The Kier molecular flexibility index (Phi) is 5.71. The standard InChI is InChI=1S/C14H25N3O4/c1-14(2,12(19)20)8-11(18)15-13(21)17(4)9-10-6-5-7-16(10)3/h10H,5-9H2,1-4H3,(H,19,20)(H,15,18,21). The highest BCUT2D eigenvalue weighted by atomic mass is 16.4. The smallest absolute Gasteiger partial charge is 0.323 e. The highest BCUT2D eigenvalue weighted by molar-refractivity contribution is 5.96. The molecule has 1 rings (SSSR count). The fourth-order valence-corrected chi connectivity index (χ4v) is 2.34. The number of rotatable bonds is 5. The van der Waals surface area contributed by atoms with Crippen LogP contribution >= 0.6 is 0 Å². The summed E-state index contributed by atoms with van der Waals surface area (Å²) in [7, 11) is 3.65. The van der Waals surface area contributed by atoms with E-state index in [4.69, 9.17) is 5.11 Å². The quantitative estimate of drug-likeness (QED) is 0.782.